The smallest absolute Gasteiger partial charge is 0.260 e. The monoisotopic (exact) mass is 416 g/mol. The van der Waals surface area contributed by atoms with E-state index < -0.39 is 11.3 Å². The van der Waals surface area contributed by atoms with Crippen molar-refractivity contribution >= 4 is 57.7 Å². The summed E-state index contributed by atoms with van der Waals surface area (Å²) in [6.45, 7) is 3.90. The Labute approximate surface area is 171 Å². The third-order valence-electron chi connectivity index (χ3n) is 5.47. The average molecular weight is 417 g/mol. The predicted molar refractivity (Wildman–Crippen MR) is 111 cm³/mol. The van der Waals surface area contributed by atoms with Gasteiger partial charge in [0.05, 0.1) is 32.2 Å². The number of aromatic nitrogens is 2. The summed E-state index contributed by atoms with van der Waals surface area (Å²) in [5.74, 6) is -0.287. The van der Waals surface area contributed by atoms with Crippen LogP contribution >= 0.6 is 23.2 Å². The van der Waals surface area contributed by atoms with Crippen LogP contribution in [0.2, 0.25) is 10.0 Å². The lowest BCUT2D eigenvalue weighted by Gasteiger charge is -2.35. The highest BCUT2D eigenvalue weighted by molar-refractivity contribution is 6.39. The van der Waals surface area contributed by atoms with Gasteiger partial charge in [-0.2, -0.15) is 0 Å². The highest BCUT2D eigenvalue weighted by Crippen LogP contribution is 2.40. The molecule has 3 N–H and O–H groups in total. The maximum absolute atomic E-state index is 12.7. The summed E-state index contributed by atoms with van der Waals surface area (Å²) in [7, 11) is 0. The lowest BCUT2D eigenvalue weighted by Crippen LogP contribution is -2.51. The van der Waals surface area contributed by atoms with Gasteiger partial charge >= 0.3 is 0 Å². The maximum Gasteiger partial charge on any atom is 0.260 e. The van der Waals surface area contributed by atoms with Crippen LogP contribution in [-0.4, -0.2) is 21.8 Å². The first-order valence-corrected chi connectivity index (χ1v) is 9.77. The van der Waals surface area contributed by atoms with Crippen LogP contribution in [-0.2, 0) is 10.2 Å². The van der Waals surface area contributed by atoms with Crippen molar-refractivity contribution < 1.29 is 9.59 Å². The van der Waals surface area contributed by atoms with Gasteiger partial charge in [0.2, 0.25) is 11.9 Å². The summed E-state index contributed by atoms with van der Waals surface area (Å²) in [6.07, 6.45) is 1.18. The molecule has 0 aliphatic carbocycles. The first-order valence-electron chi connectivity index (χ1n) is 9.01. The third kappa shape index (κ3) is 2.67. The molecular weight excluding hydrogens is 399 g/mol. The van der Waals surface area contributed by atoms with Crippen molar-refractivity contribution in [2.45, 2.75) is 32.1 Å². The van der Waals surface area contributed by atoms with Gasteiger partial charge in [0.1, 0.15) is 5.52 Å². The number of fused-ring (bicyclic) bond motifs is 3. The minimum Gasteiger partial charge on any atom is -0.324 e. The van der Waals surface area contributed by atoms with Gasteiger partial charge in [-0.25, -0.2) is 4.98 Å². The number of amides is 2. The van der Waals surface area contributed by atoms with Gasteiger partial charge in [-0.15, -0.1) is 0 Å². The zero-order chi connectivity index (χ0) is 20.1. The molecule has 0 atom stereocenters. The van der Waals surface area contributed by atoms with Gasteiger partial charge in [0, 0.05) is 0 Å². The normalized spacial score (nSPS) is 15.4. The quantitative estimate of drug-likeness (QED) is 0.525. The van der Waals surface area contributed by atoms with E-state index in [1.807, 2.05) is 26.0 Å². The number of imide groups is 1. The van der Waals surface area contributed by atoms with E-state index in [9.17, 15) is 9.59 Å². The van der Waals surface area contributed by atoms with E-state index in [1.165, 1.54) is 0 Å². The van der Waals surface area contributed by atoms with Gasteiger partial charge in [0.15, 0.2) is 0 Å². The topological polar surface area (TPSA) is 86.9 Å². The molecule has 0 spiro atoms. The fraction of sp³-hybridized carbons (Fsp3) is 0.250. The number of hydrogen-bond acceptors (Lipinski definition) is 4. The molecule has 2 aromatic carbocycles. The van der Waals surface area contributed by atoms with E-state index in [0.717, 1.165) is 0 Å². The number of anilines is 2. The van der Waals surface area contributed by atoms with Crippen molar-refractivity contribution in [3.05, 3.63) is 51.5 Å². The van der Waals surface area contributed by atoms with Gasteiger partial charge in [0.25, 0.3) is 5.91 Å². The van der Waals surface area contributed by atoms with E-state index in [0.29, 0.717) is 56.7 Å². The van der Waals surface area contributed by atoms with Crippen molar-refractivity contribution in [1.82, 2.24) is 15.3 Å². The van der Waals surface area contributed by atoms with Crippen LogP contribution in [0.25, 0.3) is 11.0 Å². The number of H-pyrrole nitrogens is 1. The molecule has 8 heteroatoms. The molecule has 0 radical (unpaired) electrons. The first-order chi connectivity index (χ1) is 13.4. The molecule has 28 heavy (non-hydrogen) atoms. The summed E-state index contributed by atoms with van der Waals surface area (Å²) >= 11 is 12.4. The maximum atomic E-state index is 12.7. The van der Waals surface area contributed by atoms with Crippen molar-refractivity contribution in [3.8, 4) is 0 Å². The van der Waals surface area contributed by atoms with Crippen molar-refractivity contribution in [2.75, 3.05) is 5.32 Å². The second-order valence-electron chi connectivity index (χ2n) is 6.76. The Morgan fingerprint density at radius 2 is 1.75 bits per heavy atom. The second kappa shape index (κ2) is 6.79. The Kier molecular flexibility index (Phi) is 4.56. The van der Waals surface area contributed by atoms with Gasteiger partial charge in [-0.1, -0.05) is 49.2 Å². The Morgan fingerprint density at radius 1 is 1.07 bits per heavy atom. The molecule has 0 saturated carbocycles. The number of halogens is 2. The minimum absolute atomic E-state index is 0.258. The third-order valence-corrected chi connectivity index (χ3v) is 6.10. The van der Waals surface area contributed by atoms with Gasteiger partial charge in [-0.3, -0.25) is 14.9 Å². The van der Waals surface area contributed by atoms with Gasteiger partial charge < -0.3 is 10.3 Å². The number of nitrogens with zero attached hydrogens (tertiary/aromatic N) is 1. The lowest BCUT2D eigenvalue weighted by molar-refractivity contribution is -0.126. The zero-order valence-corrected chi connectivity index (χ0v) is 16.8. The van der Waals surface area contributed by atoms with Crippen molar-refractivity contribution in [1.29, 1.82) is 0 Å². The molecule has 0 fully saturated rings. The standard InChI is InChI=1S/C20H18Cl2N4O2/c1-3-20(4-2)10-8-9-13-16(14(10)17(27)26-18(20)28)25-19(23-13)24-15-11(21)6-5-7-12(15)22/h5-9H,3-4H2,1-2H3,(H2,23,24,25)(H,26,27,28). The van der Waals surface area contributed by atoms with Crippen molar-refractivity contribution in [3.63, 3.8) is 0 Å². The number of rotatable bonds is 4. The van der Waals surface area contributed by atoms with E-state index in [4.69, 9.17) is 23.2 Å². The highest BCUT2D eigenvalue weighted by Gasteiger charge is 2.45. The molecule has 6 nitrogen and oxygen atoms in total. The van der Waals surface area contributed by atoms with Gasteiger partial charge in [-0.05, 0) is 36.6 Å². The first kappa shape index (κ1) is 18.8. The number of nitrogens with one attached hydrogen (secondary N) is 3. The Hall–Kier alpha value is -2.57. The van der Waals surface area contributed by atoms with Crippen LogP contribution in [0.4, 0.5) is 11.6 Å². The van der Waals surface area contributed by atoms with E-state index in [-0.39, 0.29) is 5.91 Å². The molecule has 1 aliphatic heterocycles. The number of para-hydroxylation sites is 1. The number of imidazole rings is 1. The summed E-state index contributed by atoms with van der Waals surface area (Å²) in [5.41, 5.74) is 2.10. The predicted octanol–water partition coefficient (Wildman–Crippen LogP) is 4.94. The van der Waals surface area contributed by atoms with Crippen molar-refractivity contribution in [2.24, 2.45) is 0 Å². The Morgan fingerprint density at radius 3 is 2.39 bits per heavy atom. The summed E-state index contributed by atoms with van der Waals surface area (Å²) in [6, 6.07) is 8.87. The van der Waals surface area contributed by atoms with Crippen LogP contribution < -0.4 is 10.6 Å². The van der Waals surface area contributed by atoms with Crippen LogP contribution in [0, 0.1) is 0 Å². The van der Waals surface area contributed by atoms with E-state index in [2.05, 4.69) is 20.6 Å². The Balaban J connectivity index is 1.87. The summed E-state index contributed by atoms with van der Waals surface area (Å²) in [5, 5.41) is 6.49. The molecule has 1 aliphatic rings. The number of carbonyl (C=O) groups excluding carboxylic acids is 2. The molecule has 0 unspecified atom stereocenters. The fourth-order valence-electron chi connectivity index (χ4n) is 3.86. The second-order valence-corrected chi connectivity index (χ2v) is 7.58. The number of carbonyl (C=O) groups is 2. The molecular formula is C20H18Cl2N4O2. The average Bonchev–Trinajstić information content (AvgIpc) is 3.08. The van der Waals surface area contributed by atoms with Crippen LogP contribution in [0.3, 0.4) is 0 Å². The summed E-state index contributed by atoms with van der Waals surface area (Å²) < 4.78 is 0. The molecule has 0 saturated heterocycles. The molecule has 0 bridgehead atoms. The highest BCUT2D eigenvalue weighted by atomic mass is 35.5. The molecule has 1 aromatic heterocycles. The minimum atomic E-state index is -0.740. The fourth-order valence-corrected chi connectivity index (χ4v) is 4.35. The molecule has 4 rings (SSSR count). The summed E-state index contributed by atoms with van der Waals surface area (Å²) in [4.78, 5) is 33.0. The van der Waals surface area contributed by atoms with Crippen LogP contribution in [0.5, 0.6) is 0 Å². The molecule has 2 heterocycles. The molecule has 2 amide bonds. The number of benzene rings is 2. The van der Waals surface area contributed by atoms with Crippen LogP contribution in [0.1, 0.15) is 42.6 Å². The molecule has 3 aromatic rings. The largest absolute Gasteiger partial charge is 0.324 e. The Bertz CT molecular complexity index is 1100. The number of hydrogen-bond donors (Lipinski definition) is 3. The lowest BCUT2D eigenvalue weighted by atomic mass is 9.71. The van der Waals surface area contributed by atoms with Crippen LogP contribution in [0.15, 0.2) is 30.3 Å². The van der Waals surface area contributed by atoms with E-state index in [1.54, 1.807) is 18.2 Å². The SMILES string of the molecule is CCC1(CC)C(=O)NC(=O)c2c1ccc1[nH]c(Nc3c(Cl)cccc3Cl)nc21. The zero-order valence-electron chi connectivity index (χ0n) is 15.3. The van der Waals surface area contributed by atoms with E-state index >= 15 is 0 Å². The number of aromatic amines is 1. The molecule has 144 valence electrons.